The van der Waals surface area contributed by atoms with Crippen molar-refractivity contribution in [1.82, 2.24) is 0 Å². The summed E-state index contributed by atoms with van der Waals surface area (Å²) >= 11 is 0. The van der Waals surface area contributed by atoms with Crippen LogP contribution in [0.5, 0.6) is 0 Å². The first-order valence-electron chi connectivity index (χ1n) is 5.82. The summed E-state index contributed by atoms with van der Waals surface area (Å²) in [5.74, 6) is 0. The molecule has 0 spiro atoms. The lowest BCUT2D eigenvalue weighted by Gasteiger charge is -1.89. The maximum Gasteiger partial charge on any atom is -0.0169 e. The van der Waals surface area contributed by atoms with Crippen LogP contribution in [0, 0.1) is 0 Å². The van der Waals surface area contributed by atoms with E-state index in [-0.39, 0.29) is 0 Å². The highest BCUT2D eigenvalue weighted by atomic mass is 13.9. The van der Waals surface area contributed by atoms with Crippen LogP contribution in [0.3, 0.4) is 0 Å². The zero-order chi connectivity index (χ0) is 10.5. The average Bonchev–Trinajstić information content (AvgIpc) is 2.21. The molecule has 0 nitrogen and oxygen atoms in total. The second-order valence-electron chi connectivity index (χ2n) is 3.54. The van der Waals surface area contributed by atoms with Gasteiger partial charge in [-0.3, -0.25) is 0 Å². The lowest BCUT2D eigenvalue weighted by atomic mass is 10.2. The van der Waals surface area contributed by atoms with Crippen LogP contribution in [-0.4, -0.2) is 0 Å². The summed E-state index contributed by atoms with van der Waals surface area (Å²) in [5, 5.41) is 0. The maximum atomic E-state index is 3.70. The molecule has 0 aliphatic heterocycles. The van der Waals surface area contributed by atoms with E-state index in [1.165, 1.54) is 32.1 Å². The monoisotopic (exact) mass is 192 g/mol. The van der Waals surface area contributed by atoms with Crippen molar-refractivity contribution in [1.29, 1.82) is 0 Å². The van der Waals surface area contributed by atoms with Crippen molar-refractivity contribution in [3.63, 3.8) is 0 Å². The first-order valence-corrected chi connectivity index (χ1v) is 5.82. The predicted molar refractivity (Wildman–Crippen MR) is 66.5 cm³/mol. The van der Waals surface area contributed by atoms with Crippen LogP contribution in [-0.2, 0) is 0 Å². The van der Waals surface area contributed by atoms with Gasteiger partial charge in [-0.15, -0.1) is 6.58 Å². The van der Waals surface area contributed by atoms with Crippen molar-refractivity contribution in [2.45, 2.75) is 51.9 Å². The molecule has 0 N–H and O–H groups in total. The van der Waals surface area contributed by atoms with Crippen LogP contribution >= 0.6 is 0 Å². The van der Waals surface area contributed by atoms with Crippen LogP contribution in [0.25, 0.3) is 0 Å². The average molecular weight is 192 g/mol. The van der Waals surface area contributed by atoms with Crippen LogP contribution in [0.15, 0.2) is 37.0 Å². The Balaban J connectivity index is 3.17. The minimum Gasteiger partial charge on any atom is -0.103 e. The van der Waals surface area contributed by atoms with E-state index < -0.39 is 0 Å². The van der Waals surface area contributed by atoms with Gasteiger partial charge in [0.2, 0.25) is 0 Å². The molecule has 0 unspecified atom stereocenters. The van der Waals surface area contributed by atoms with E-state index in [2.05, 4.69) is 37.8 Å². The van der Waals surface area contributed by atoms with Gasteiger partial charge in [-0.25, -0.2) is 0 Å². The fourth-order valence-electron chi connectivity index (χ4n) is 1.21. The second kappa shape index (κ2) is 12.2. The molecule has 0 saturated heterocycles. The fraction of sp³-hybridized carbons (Fsp3) is 0.571. The largest absolute Gasteiger partial charge is 0.103 e. The van der Waals surface area contributed by atoms with Crippen LogP contribution < -0.4 is 0 Å². The molecule has 0 amide bonds. The highest BCUT2D eigenvalue weighted by Gasteiger charge is 1.79. The van der Waals surface area contributed by atoms with Crippen LogP contribution in [0.2, 0.25) is 0 Å². The standard InChI is InChI=1S/C14H24/c1-3-5-7-9-11-13-14-12-10-8-6-4-2/h3,10-13H,1,4-9,14H2,2H3/b12-10+,13-11+. The van der Waals surface area contributed by atoms with Crippen LogP contribution in [0.4, 0.5) is 0 Å². The summed E-state index contributed by atoms with van der Waals surface area (Å²) < 4.78 is 0. The smallest absolute Gasteiger partial charge is 0.0169 e. The first kappa shape index (κ1) is 13.2. The number of hydrogen-bond donors (Lipinski definition) is 0. The van der Waals surface area contributed by atoms with Gasteiger partial charge in [0.25, 0.3) is 0 Å². The first-order chi connectivity index (χ1) is 6.91. The molecule has 0 aromatic carbocycles. The lowest BCUT2D eigenvalue weighted by Crippen LogP contribution is -1.69. The van der Waals surface area contributed by atoms with Gasteiger partial charge in [0.05, 0.1) is 0 Å². The number of hydrogen-bond acceptors (Lipinski definition) is 0. The third-order valence-electron chi connectivity index (χ3n) is 2.11. The molecular weight excluding hydrogens is 168 g/mol. The maximum absolute atomic E-state index is 3.70. The van der Waals surface area contributed by atoms with E-state index in [4.69, 9.17) is 0 Å². The molecule has 0 aliphatic rings. The summed E-state index contributed by atoms with van der Waals surface area (Å²) in [6.45, 7) is 5.93. The Labute approximate surface area is 89.4 Å². The zero-order valence-corrected chi connectivity index (χ0v) is 9.54. The van der Waals surface area contributed by atoms with E-state index in [0.717, 1.165) is 12.8 Å². The van der Waals surface area contributed by atoms with E-state index in [1.54, 1.807) is 0 Å². The second-order valence-corrected chi connectivity index (χ2v) is 3.54. The van der Waals surface area contributed by atoms with Crippen molar-refractivity contribution in [2.75, 3.05) is 0 Å². The fourth-order valence-corrected chi connectivity index (χ4v) is 1.21. The molecule has 0 saturated carbocycles. The summed E-state index contributed by atoms with van der Waals surface area (Å²) in [5.41, 5.74) is 0. The summed E-state index contributed by atoms with van der Waals surface area (Å²) in [6, 6.07) is 0. The molecule has 0 fully saturated rings. The molecule has 0 heteroatoms. The Bertz CT molecular complexity index is 163. The molecule has 0 heterocycles. The van der Waals surface area contributed by atoms with E-state index >= 15 is 0 Å². The molecule has 0 rings (SSSR count). The van der Waals surface area contributed by atoms with Gasteiger partial charge >= 0.3 is 0 Å². The van der Waals surface area contributed by atoms with E-state index in [1.807, 2.05) is 6.08 Å². The topological polar surface area (TPSA) is 0 Å². The predicted octanol–water partition coefficient (Wildman–Crippen LogP) is 5.04. The molecule has 0 aromatic rings. The molecule has 0 aromatic heterocycles. The van der Waals surface area contributed by atoms with E-state index in [9.17, 15) is 0 Å². The Morgan fingerprint density at radius 1 is 0.857 bits per heavy atom. The summed E-state index contributed by atoms with van der Waals surface area (Å²) in [4.78, 5) is 0. The molecule has 80 valence electrons. The molecule has 0 aliphatic carbocycles. The van der Waals surface area contributed by atoms with Gasteiger partial charge in [-0.2, -0.15) is 0 Å². The number of allylic oxidation sites excluding steroid dienone is 5. The van der Waals surface area contributed by atoms with Crippen molar-refractivity contribution < 1.29 is 0 Å². The molecule has 0 radical (unpaired) electrons. The minimum atomic E-state index is 1.10. The normalized spacial score (nSPS) is 11.5. The zero-order valence-electron chi connectivity index (χ0n) is 9.54. The lowest BCUT2D eigenvalue weighted by molar-refractivity contribution is 0.813. The summed E-state index contributed by atoms with van der Waals surface area (Å²) in [6.07, 6.45) is 19.6. The Morgan fingerprint density at radius 2 is 1.50 bits per heavy atom. The van der Waals surface area contributed by atoms with Gasteiger partial charge < -0.3 is 0 Å². The van der Waals surface area contributed by atoms with Crippen LogP contribution in [0.1, 0.15) is 51.9 Å². The third kappa shape index (κ3) is 11.2. The highest BCUT2D eigenvalue weighted by Crippen LogP contribution is 1.99. The third-order valence-corrected chi connectivity index (χ3v) is 2.11. The molecular formula is C14H24. The van der Waals surface area contributed by atoms with Crippen molar-refractivity contribution in [3.05, 3.63) is 37.0 Å². The molecule has 14 heavy (non-hydrogen) atoms. The number of rotatable bonds is 9. The van der Waals surface area contributed by atoms with Crippen molar-refractivity contribution in [3.8, 4) is 0 Å². The highest BCUT2D eigenvalue weighted by molar-refractivity contribution is 4.92. The minimum absolute atomic E-state index is 1.10. The molecule has 0 atom stereocenters. The number of unbranched alkanes of at least 4 members (excludes halogenated alkanes) is 4. The van der Waals surface area contributed by atoms with Crippen molar-refractivity contribution in [2.24, 2.45) is 0 Å². The Morgan fingerprint density at radius 3 is 2.07 bits per heavy atom. The van der Waals surface area contributed by atoms with Gasteiger partial charge in [0.15, 0.2) is 0 Å². The SMILES string of the molecule is C=CCCC/C=C/C/C=C/CCCC. The van der Waals surface area contributed by atoms with E-state index in [0.29, 0.717) is 0 Å². The van der Waals surface area contributed by atoms with Gasteiger partial charge in [-0.1, -0.05) is 50.1 Å². The van der Waals surface area contributed by atoms with Gasteiger partial charge in [-0.05, 0) is 32.1 Å². The quantitative estimate of drug-likeness (QED) is 0.355. The van der Waals surface area contributed by atoms with Gasteiger partial charge in [0.1, 0.15) is 0 Å². The Hall–Kier alpha value is -0.780. The van der Waals surface area contributed by atoms with Crippen molar-refractivity contribution >= 4 is 0 Å². The molecule has 0 bridgehead atoms. The Kier molecular flexibility index (Phi) is 11.5. The summed E-state index contributed by atoms with van der Waals surface area (Å²) in [7, 11) is 0. The van der Waals surface area contributed by atoms with Gasteiger partial charge in [0, 0.05) is 0 Å².